The van der Waals surface area contributed by atoms with Crippen LogP contribution in [0.25, 0.3) is 0 Å². The predicted octanol–water partition coefficient (Wildman–Crippen LogP) is 0.515. The zero-order chi connectivity index (χ0) is 11.7. The number of furan rings is 1. The van der Waals surface area contributed by atoms with Crippen LogP contribution in [0.15, 0.2) is 22.8 Å². The first-order valence-corrected chi connectivity index (χ1v) is 5.23. The van der Waals surface area contributed by atoms with Crippen LogP contribution in [0, 0.1) is 0 Å². The summed E-state index contributed by atoms with van der Waals surface area (Å²) in [5, 5.41) is 2.63. The second-order valence-electron chi connectivity index (χ2n) is 3.95. The van der Waals surface area contributed by atoms with E-state index in [-0.39, 0.29) is 11.8 Å². The minimum absolute atomic E-state index is 0.0801. The van der Waals surface area contributed by atoms with E-state index in [4.69, 9.17) is 4.42 Å². The monoisotopic (exact) mass is 222 g/mol. The normalized spacial score (nSPS) is 25.8. The molecule has 0 spiro atoms. The number of hydrogen-bond donors (Lipinski definition) is 1. The Hall–Kier alpha value is -1.78. The summed E-state index contributed by atoms with van der Waals surface area (Å²) in [7, 11) is 0. The van der Waals surface area contributed by atoms with Crippen molar-refractivity contribution in [3.63, 3.8) is 0 Å². The van der Waals surface area contributed by atoms with E-state index in [1.165, 1.54) is 4.90 Å². The van der Waals surface area contributed by atoms with Gasteiger partial charge in [0.1, 0.15) is 17.8 Å². The molecule has 0 radical (unpaired) electrons. The predicted molar refractivity (Wildman–Crippen MR) is 56.3 cm³/mol. The van der Waals surface area contributed by atoms with Crippen LogP contribution in [0.1, 0.15) is 19.6 Å². The summed E-state index contributed by atoms with van der Waals surface area (Å²) in [4.78, 5) is 25.0. The minimum Gasteiger partial charge on any atom is -0.467 e. The second-order valence-corrected chi connectivity index (χ2v) is 3.95. The third-order valence-electron chi connectivity index (χ3n) is 2.77. The lowest BCUT2D eigenvalue weighted by Gasteiger charge is -2.35. The van der Waals surface area contributed by atoms with Gasteiger partial charge in [-0.15, -0.1) is 0 Å². The molecule has 0 saturated carbocycles. The molecule has 2 unspecified atom stereocenters. The van der Waals surface area contributed by atoms with E-state index in [0.29, 0.717) is 12.3 Å². The van der Waals surface area contributed by atoms with Crippen molar-refractivity contribution in [1.82, 2.24) is 10.2 Å². The summed E-state index contributed by atoms with van der Waals surface area (Å²) in [6.07, 6.45) is 1.55. The van der Waals surface area contributed by atoms with Crippen molar-refractivity contribution in [1.29, 1.82) is 0 Å². The average Bonchev–Trinajstić information content (AvgIpc) is 2.74. The molecule has 1 N–H and O–H groups in total. The van der Waals surface area contributed by atoms with E-state index in [1.54, 1.807) is 32.2 Å². The van der Waals surface area contributed by atoms with Crippen LogP contribution in [-0.2, 0) is 16.1 Å². The number of hydrogen-bond acceptors (Lipinski definition) is 3. The number of rotatable bonds is 2. The van der Waals surface area contributed by atoms with E-state index < -0.39 is 12.1 Å². The molecule has 1 aliphatic heterocycles. The number of carbonyl (C=O) groups is 2. The number of amides is 2. The van der Waals surface area contributed by atoms with Gasteiger partial charge in [0.15, 0.2) is 0 Å². The molecule has 5 heteroatoms. The van der Waals surface area contributed by atoms with Gasteiger partial charge in [0.05, 0.1) is 12.8 Å². The molecule has 5 nitrogen and oxygen atoms in total. The summed E-state index contributed by atoms with van der Waals surface area (Å²) in [5.41, 5.74) is 0. The molecule has 2 rings (SSSR count). The van der Waals surface area contributed by atoms with Gasteiger partial charge < -0.3 is 14.6 Å². The third-order valence-corrected chi connectivity index (χ3v) is 2.77. The van der Waals surface area contributed by atoms with Crippen molar-refractivity contribution in [3.8, 4) is 0 Å². The first-order chi connectivity index (χ1) is 7.59. The first kappa shape index (κ1) is 10.7. The second kappa shape index (κ2) is 4.00. The largest absolute Gasteiger partial charge is 0.467 e. The molecule has 2 heterocycles. The molecule has 1 aromatic heterocycles. The average molecular weight is 222 g/mol. The van der Waals surface area contributed by atoms with Gasteiger partial charge in [-0.3, -0.25) is 9.59 Å². The fourth-order valence-electron chi connectivity index (χ4n) is 1.76. The standard InChI is InChI=1S/C11H14N2O3/c1-7-11(15)13(8(2)10(14)12-7)6-9-4-3-5-16-9/h3-5,7-8H,6H2,1-2H3,(H,12,14). The van der Waals surface area contributed by atoms with Gasteiger partial charge in [-0.2, -0.15) is 0 Å². The molecule has 1 fully saturated rings. The zero-order valence-corrected chi connectivity index (χ0v) is 9.27. The number of nitrogens with zero attached hydrogens (tertiary/aromatic N) is 1. The smallest absolute Gasteiger partial charge is 0.245 e. The minimum atomic E-state index is -0.460. The van der Waals surface area contributed by atoms with Gasteiger partial charge in [0, 0.05) is 0 Å². The van der Waals surface area contributed by atoms with Crippen molar-refractivity contribution in [3.05, 3.63) is 24.2 Å². The highest BCUT2D eigenvalue weighted by Gasteiger charge is 2.35. The maximum absolute atomic E-state index is 11.9. The van der Waals surface area contributed by atoms with Gasteiger partial charge in [0.2, 0.25) is 11.8 Å². The summed E-state index contributed by atoms with van der Waals surface area (Å²) in [5.74, 6) is 0.476. The van der Waals surface area contributed by atoms with Crippen LogP contribution in [0.2, 0.25) is 0 Å². The van der Waals surface area contributed by atoms with Crippen LogP contribution in [0.3, 0.4) is 0 Å². The van der Waals surface area contributed by atoms with Crippen molar-refractivity contribution in [2.75, 3.05) is 0 Å². The van der Waals surface area contributed by atoms with E-state index >= 15 is 0 Å². The van der Waals surface area contributed by atoms with Gasteiger partial charge >= 0.3 is 0 Å². The Labute approximate surface area is 93.4 Å². The summed E-state index contributed by atoms with van der Waals surface area (Å²) in [6.45, 7) is 3.73. The summed E-state index contributed by atoms with van der Waals surface area (Å²) in [6, 6.07) is 2.64. The molecule has 86 valence electrons. The molecule has 2 amide bonds. The highest BCUT2D eigenvalue weighted by Crippen LogP contribution is 2.14. The molecule has 1 saturated heterocycles. The molecule has 0 aliphatic carbocycles. The van der Waals surface area contributed by atoms with E-state index in [0.717, 1.165) is 0 Å². The summed E-state index contributed by atoms with van der Waals surface area (Å²) < 4.78 is 5.18. The Morgan fingerprint density at radius 2 is 2.19 bits per heavy atom. The highest BCUT2D eigenvalue weighted by atomic mass is 16.3. The van der Waals surface area contributed by atoms with Crippen molar-refractivity contribution in [2.45, 2.75) is 32.5 Å². The number of nitrogens with one attached hydrogen (secondary N) is 1. The fraction of sp³-hybridized carbons (Fsp3) is 0.455. The molecule has 0 bridgehead atoms. The lowest BCUT2D eigenvalue weighted by Crippen LogP contribution is -2.60. The lowest BCUT2D eigenvalue weighted by atomic mass is 10.1. The molecule has 0 aromatic carbocycles. The van der Waals surface area contributed by atoms with E-state index in [2.05, 4.69) is 5.32 Å². The van der Waals surface area contributed by atoms with Gasteiger partial charge in [-0.25, -0.2) is 0 Å². The van der Waals surface area contributed by atoms with Crippen LogP contribution < -0.4 is 5.32 Å². The Balaban J connectivity index is 2.17. The Morgan fingerprint density at radius 3 is 2.81 bits per heavy atom. The van der Waals surface area contributed by atoms with Gasteiger partial charge in [0.25, 0.3) is 0 Å². The molecule has 1 aliphatic rings. The fourth-order valence-corrected chi connectivity index (χ4v) is 1.76. The molecular formula is C11H14N2O3. The zero-order valence-electron chi connectivity index (χ0n) is 9.27. The summed E-state index contributed by atoms with van der Waals surface area (Å²) >= 11 is 0. The topological polar surface area (TPSA) is 62.6 Å². The maximum Gasteiger partial charge on any atom is 0.245 e. The van der Waals surface area contributed by atoms with Gasteiger partial charge in [-0.05, 0) is 26.0 Å². The Morgan fingerprint density at radius 1 is 1.44 bits per heavy atom. The molecule has 2 atom stereocenters. The van der Waals surface area contributed by atoms with E-state index in [9.17, 15) is 9.59 Å². The highest BCUT2D eigenvalue weighted by molar-refractivity contribution is 5.96. The quantitative estimate of drug-likeness (QED) is 0.793. The van der Waals surface area contributed by atoms with Crippen molar-refractivity contribution < 1.29 is 14.0 Å². The molecule has 1 aromatic rings. The number of piperazine rings is 1. The molecule has 16 heavy (non-hydrogen) atoms. The van der Waals surface area contributed by atoms with Crippen LogP contribution in [-0.4, -0.2) is 28.8 Å². The van der Waals surface area contributed by atoms with Crippen LogP contribution in [0.5, 0.6) is 0 Å². The van der Waals surface area contributed by atoms with Gasteiger partial charge in [-0.1, -0.05) is 0 Å². The first-order valence-electron chi connectivity index (χ1n) is 5.23. The third kappa shape index (κ3) is 1.80. The van der Waals surface area contributed by atoms with Crippen molar-refractivity contribution in [2.24, 2.45) is 0 Å². The molecular weight excluding hydrogens is 208 g/mol. The van der Waals surface area contributed by atoms with E-state index in [1.807, 2.05) is 0 Å². The Bertz CT molecular complexity index is 399. The maximum atomic E-state index is 11.9. The van der Waals surface area contributed by atoms with Crippen molar-refractivity contribution >= 4 is 11.8 Å². The number of carbonyl (C=O) groups excluding carboxylic acids is 2. The SMILES string of the molecule is CC1NC(=O)C(C)N(Cc2ccco2)C1=O. The van der Waals surface area contributed by atoms with Crippen LogP contribution in [0.4, 0.5) is 0 Å². The Kier molecular flexibility index (Phi) is 2.68. The lowest BCUT2D eigenvalue weighted by molar-refractivity contribution is -0.149. The van der Waals surface area contributed by atoms with Crippen LogP contribution >= 0.6 is 0 Å².